The number of rotatable bonds is 4. The van der Waals surface area contributed by atoms with E-state index in [-0.39, 0.29) is 5.97 Å². The van der Waals surface area contributed by atoms with Gasteiger partial charge in [-0.25, -0.2) is 4.79 Å². The zero-order valence-corrected chi connectivity index (χ0v) is 14.2. The van der Waals surface area contributed by atoms with Gasteiger partial charge < -0.3 is 14.4 Å². The van der Waals surface area contributed by atoms with Crippen LogP contribution in [0.15, 0.2) is 22.7 Å². The number of carbonyl (C=O) groups excluding carboxylic acids is 1. The minimum atomic E-state index is -0.258. The topological polar surface area (TPSA) is 40.0 Å². The van der Waals surface area contributed by atoms with E-state index in [1.165, 1.54) is 4.90 Å². The van der Waals surface area contributed by atoms with E-state index in [4.69, 9.17) is 9.47 Å². The van der Waals surface area contributed by atoms with Crippen LogP contribution in [0.2, 0.25) is 0 Å². The van der Waals surface area contributed by atoms with E-state index in [1.807, 2.05) is 12.1 Å². The number of carbonyl (C=O) groups is 1. The van der Waals surface area contributed by atoms with Crippen molar-refractivity contribution in [2.45, 2.75) is 0 Å². The molecule has 1 aliphatic rings. The molecule has 0 aliphatic carbocycles. The van der Waals surface area contributed by atoms with Gasteiger partial charge >= 0.3 is 5.97 Å². The second-order valence-corrected chi connectivity index (χ2v) is 6.57. The van der Waals surface area contributed by atoms with Crippen molar-refractivity contribution in [1.29, 1.82) is 0 Å². The summed E-state index contributed by atoms with van der Waals surface area (Å²) in [6.45, 7) is 4.89. The van der Waals surface area contributed by atoms with Crippen molar-refractivity contribution in [2.75, 3.05) is 39.5 Å². The van der Waals surface area contributed by atoms with Crippen molar-refractivity contribution < 1.29 is 19.2 Å². The first kappa shape index (κ1) is 15.2. The van der Waals surface area contributed by atoms with Gasteiger partial charge in [0.05, 0.1) is 18.8 Å². The summed E-state index contributed by atoms with van der Waals surface area (Å²) in [6, 6.07) is 5.57. The highest BCUT2D eigenvalue weighted by Gasteiger charge is 2.15. The number of hydrogen-bond donors (Lipinski definition) is 1. The number of hydrogen-bond acceptors (Lipinski definition) is 3. The lowest BCUT2D eigenvalue weighted by molar-refractivity contribution is -0.908. The summed E-state index contributed by atoms with van der Waals surface area (Å²) in [4.78, 5) is 13.3. The van der Waals surface area contributed by atoms with Crippen molar-refractivity contribution in [3.8, 4) is 0 Å². The SMILES string of the molecule is O=C(OCC[NH+]1CCOCC1)c1cc(Br)cc(I)c1. The van der Waals surface area contributed by atoms with Gasteiger partial charge in [-0.1, -0.05) is 15.9 Å². The number of halogens is 2. The fraction of sp³-hybridized carbons (Fsp3) is 0.462. The molecule has 0 radical (unpaired) electrons. The maximum Gasteiger partial charge on any atom is 0.338 e. The van der Waals surface area contributed by atoms with E-state index in [0.717, 1.165) is 40.9 Å². The molecule has 19 heavy (non-hydrogen) atoms. The van der Waals surface area contributed by atoms with Gasteiger partial charge in [0.25, 0.3) is 0 Å². The summed E-state index contributed by atoms with van der Waals surface area (Å²) < 4.78 is 12.5. The lowest BCUT2D eigenvalue weighted by Gasteiger charge is -2.23. The number of morpholine rings is 1. The Hall–Kier alpha value is -0.180. The second kappa shape index (κ2) is 7.56. The van der Waals surface area contributed by atoms with Gasteiger partial charge in [0.15, 0.2) is 0 Å². The molecule has 1 heterocycles. The van der Waals surface area contributed by atoms with Crippen molar-refractivity contribution in [3.63, 3.8) is 0 Å². The van der Waals surface area contributed by atoms with Gasteiger partial charge in [0, 0.05) is 8.04 Å². The molecule has 1 aliphatic heterocycles. The van der Waals surface area contributed by atoms with E-state index >= 15 is 0 Å². The normalized spacial score (nSPS) is 16.3. The number of benzene rings is 1. The molecule has 0 bridgehead atoms. The van der Waals surface area contributed by atoms with Crippen molar-refractivity contribution in [3.05, 3.63) is 31.8 Å². The standard InChI is InChI=1S/C13H15BrINO3/c14-11-7-10(8-12(15)9-11)13(17)19-6-3-16-1-4-18-5-2-16/h7-9H,1-6H2/p+1. The van der Waals surface area contributed by atoms with Gasteiger partial charge in [-0.15, -0.1) is 0 Å². The van der Waals surface area contributed by atoms with Crippen LogP contribution in [0.4, 0.5) is 0 Å². The molecule has 2 rings (SSSR count). The van der Waals surface area contributed by atoms with Crippen LogP contribution in [0.1, 0.15) is 10.4 Å². The van der Waals surface area contributed by atoms with Crippen LogP contribution in [0, 0.1) is 3.57 Å². The number of ether oxygens (including phenoxy) is 2. The van der Waals surface area contributed by atoms with E-state index in [9.17, 15) is 4.79 Å². The highest BCUT2D eigenvalue weighted by molar-refractivity contribution is 14.1. The quantitative estimate of drug-likeness (QED) is 0.563. The molecule has 4 nitrogen and oxygen atoms in total. The molecule has 104 valence electrons. The second-order valence-electron chi connectivity index (χ2n) is 4.41. The van der Waals surface area contributed by atoms with Gasteiger partial charge in [0.1, 0.15) is 26.2 Å². The molecule has 1 fully saturated rings. The van der Waals surface area contributed by atoms with Crippen LogP contribution in [-0.2, 0) is 9.47 Å². The molecule has 0 aromatic heterocycles. The maximum atomic E-state index is 11.9. The van der Waals surface area contributed by atoms with Gasteiger partial charge in [-0.05, 0) is 40.8 Å². The predicted octanol–water partition coefficient (Wildman–Crippen LogP) is 1.13. The molecule has 0 atom stereocenters. The molecule has 1 aromatic rings. The summed E-state index contributed by atoms with van der Waals surface area (Å²) in [5.74, 6) is -0.258. The van der Waals surface area contributed by atoms with E-state index in [0.29, 0.717) is 12.2 Å². The van der Waals surface area contributed by atoms with Crippen LogP contribution in [0.5, 0.6) is 0 Å². The molecular weight excluding hydrogens is 425 g/mol. The van der Waals surface area contributed by atoms with Crippen LogP contribution >= 0.6 is 38.5 Å². The van der Waals surface area contributed by atoms with Crippen molar-refractivity contribution in [1.82, 2.24) is 0 Å². The first-order valence-corrected chi connectivity index (χ1v) is 8.07. The smallest absolute Gasteiger partial charge is 0.338 e. The Kier molecular flexibility index (Phi) is 6.06. The third-order valence-electron chi connectivity index (χ3n) is 2.99. The largest absolute Gasteiger partial charge is 0.456 e. The van der Waals surface area contributed by atoms with E-state index in [2.05, 4.69) is 38.5 Å². The molecule has 6 heteroatoms. The van der Waals surface area contributed by atoms with Gasteiger partial charge in [-0.2, -0.15) is 0 Å². The summed E-state index contributed by atoms with van der Waals surface area (Å²) in [5, 5.41) is 0. The minimum Gasteiger partial charge on any atom is -0.456 e. The Labute approximate surface area is 134 Å². The van der Waals surface area contributed by atoms with Gasteiger partial charge in [-0.3, -0.25) is 0 Å². The average Bonchev–Trinajstić information content (AvgIpc) is 2.38. The molecule has 1 aromatic carbocycles. The molecule has 1 N–H and O–H groups in total. The lowest BCUT2D eigenvalue weighted by Crippen LogP contribution is -3.14. The number of nitrogens with one attached hydrogen (secondary N) is 1. The molecular formula is C13H16BrINO3+. The van der Waals surface area contributed by atoms with Crippen molar-refractivity contribution >= 4 is 44.5 Å². The lowest BCUT2D eigenvalue weighted by atomic mass is 10.2. The molecule has 0 spiro atoms. The van der Waals surface area contributed by atoms with E-state index in [1.54, 1.807) is 6.07 Å². The fourth-order valence-corrected chi connectivity index (χ4v) is 3.55. The highest BCUT2D eigenvalue weighted by atomic mass is 127. The highest BCUT2D eigenvalue weighted by Crippen LogP contribution is 2.17. The summed E-state index contributed by atoms with van der Waals surface area (Å²) >= 11 is 5.56. The maximum absolute atomic E-state index is 11.9. The minimum absolute atomic E-state index is 0.258. The predicted molar refractivity (Wildman–Crippen MR) is 83.5 cm³/mol. The summed E-state index contributed by atoms with van der Waals surface area (Å²) in [5.41, 5.74) is 0.593. The molecule has 0 saturated carbocycles. The first-order chi connectivity index (χ1) is 9.15. The zero-order chi connectivity index (χ0) is 13.7. The molecule has 0 unspecified atom stereocenters. The Morgan fingerprint density at radius 2 is 2.11 bits per heavy atom. The third-order valence-corrected chi connectivity index (χ3v) is 4.07. The third kappa shape index (κ3) is 5.02. The average molecular weight is 441 g/mol. The Bertz CT molecular complexity index is 429. The van der Waals surface area contributed by atoms with E-state index < -0.39 is 0 Å². The zero-order valence-electron chi connectivity index (χ0n) is 10.5. The molecule has 1 saturated heterocycles. The summed E-state index contributed by atoms with van der Waals surface area (Å²) in [7, 11) is 0. The van der Waals surface area contributed by atoms with Crippen molar-refractivity contribution in [2.24, 2.45) is 0 Å². The van der Waals surface area contributed by atoms with Crippen LogP contribution in [0.3, 0.4) is 0 Å². The molecule has 0 amide bonds. The summed E-state index contributed by atoms with van der Waals surface area (Å²) in [6.07, 6.45) is 0. The van der Waals surface area contributed by atoms with Gasteiger partial charge in [0.2, 0.25) is 0 Å². The fourth-order valence-electron chi connectivity index (χ4n) is 1.95. The number of quaternary nitrogens is 1. The monoisotopic (exact) mass is 440 g/mol. The first-order valence-electron chi connectivity index (χ1n) is 6.19. The van der Waals surface area contributed by atoms with Crippen LogP contribution < -0.4 is 4.90 Å². The number of esters is 1. The Morgan fingerprint density at radius 3 is 2.79 bits per heavy atom. The van der Waals surface area contributed by atoms with Crippen LogP contribution in [0.25, 0.3) is 0 Å². The Balaban J connectivity index is 1.80. The van der Waals surface area contributed by atoms with Crippen LogP contribution in [-0.4, -0.2) is 45.4 Å². The Morgan fingerprint density at radius 1 is 1.37 bits per heavy atom.